The molecule has 5 nitrogen and oxygen atoms in total. The first kappa shape index (κ1) is 10.7. The summed E-state index contributed by atoms with van der Waals surface area (Å²) in [5, 5.41) is 4.07. The second-order valence-corrected chi connectivity index (χ2v) is 4.81. The Morgan fingerprint density at radius 1 is 1.44 bits per heavy atom. The molecule has 0 aliphatic rings. The zero-order valence-corrected chi connectivity index (χ0v) is 9.77. The molecule has 2 aromatic heterocycles. The molecule has 0 radical (unpaired) electrons. The topological polar surface area (TPSA) is 69.9 Å². The monoisotopic (exact) mass is 220 g/mol. The predicted octanol–water partition coefficient (Wildman–Crippen LogP) is 1.80. The average molecular weight is 220 g/mol. The summed E-state index contributed by atoms with van der Waals surface area (Å²) in [5.74, 6) is 2.03. The van der Waals surface area contributed by atoms with Gasteiger partial charge in [-0.1, -0.05) is 20.8 Å². The molecule has 0 unspecified atom stereocenters. The van der Waals surface area contributed by atoms with Crippen molar-refractivity contribution in [2.24, 2.45) is 0 Å². The van der Waals surface area contributed by atoms with E-state index in [0.29, 0.717) is 18.3 Å². The van der Waals surface area contributed by atoms with Crippen LogP contribution in [0.25, 0.3) is 0 Å². The molecular weight excluding hydrogens is 204 g/mol. The van der Waals surface area contributed by atoms with Crippen molar-refractivity contribution in [1.29, 1.82) is 0 Å². The minimum atomic E-state index is -0.0195. The van der Waals surface area contributed by atoms with Crippen LogP contribution >= 0.6 is 0 Å². The van der Waals surface area contributed by atoms with Gasteiger partial charge < -0.3 is 10.2 Å². The van der Waals surface area contributed by atoms with Crippen LogP contribution in [0, 0.1) is 0 Å². The minimum absolute atomic E-state index is 0.0195. The van der Waals surface area contributed by atoms with Crippen molar-refractivity contribution < 1.29 is 4.42 Å². The van der Waals surface area contributed by atoms with Crippen LogP contribution in [0.2, 0.25) is 0 Å². The number of anilines is 1. The third-order valence-electron chi connectivity index (χ3n) is 2.25. The molecule has 2 heterocycles. The normalized spacial score (nSPS) is 11.9. The molecule has 0 atom stereocenters. The van der Waals surface area contributed by atoms with Crippen molar-refractivity contribution in [2.45, 2.75) is 32.7 Å². The zero-order chi connectivity index (χ0) is 11.8. The summed E-state index contributed by atoms with van der Waals surface area (Å²) in [7, 11) is 0. The number of aromatic nitrogens is 3. The number of oxazole rings is 1. The van der Waals surface area contributed by atoms with E-state index < -0.39 is 0 Å². The molecule has 86 valence electrons. The maximum atomic E-state index is 5.65. The highest BCUT2D eigenvalue weighted by atomic mass is 16.4. The van der Waals surface area contributed by atoms with E-state index in [-0.39, 0.29) is 5.41 Å². The molecule has 5 heteroatoms. The summed E-state index contributed by atoms with van der Waals surface area (Å²) < 4.78 is 7.35. The highest BCUT2D eigenvalue weighted by Crippen LogP contribution is 2.22. The summed E-state index contributed by atoms with van der Waals surface area (Å²) in [6.07, 6.45) is 3.57. The van der Waals surface area contributed by atoms with Gasteiger partial charge in [-0.25, -0.2) is 4.98 Å². The molecular formula is C11H16N4O. The highest BCUT2D eigenvalue weighted by molar-refractivity contribution is 5.23. The lowest BCUT2D eigenvalue weighted by Crippen LogP contribution is -2.09. The summed E-state index contributed by atoms with van der Waals surface area (Å²) >= 11 is 0. The lowest BCUT2D eigenvalue weighted by atomic mass is 9.94. The first-order valence-electron chi connectivity index (χ1n) is 5.19. The quantitative estimate of drug-likeness (QED) is 0.837. The molecule has 0 aromatic carbocycles. The largest absolute Gasteiger partial charge is 0.443 e. The van der Waals surface area contributed by atoms with E-state index in [0.717, 1.165) is 5.76 Å². The van der Waals surface area contributed by atoms with Gasteiger partial charge in [0.2, 0.25) is 5.89 Å². The highest BCUT2D eigenvalue weighted by Gasteiger charge is 2.19. The van der Waals surface area contributed by atoms with E-state index in [1.54, 1.807) is 23.1 Å². The smallest absolute Gasteiger partial charge is 0.216 e. The second-order valence-electron chi connectivity index (χ2n) is 4.81. The number of rotatable bonds is 2. The van der Waals surface area contributed by atoms with Gasteiger partial charge in [0.25, 0.3) is 0 Å². The van der Waals surface area contributed by atoms with Gasteiger partial charge in [-0.05, 0) is 6.07 Å². The number of nitrogens with zero attached hydrogens (tertiary/aromatic N) is 3. The molecule has 2 aromatic rings. The van der Waals surface area contributed by atoms with Crippen LogP contribution in [-0.4, -0.2) is 14.8 Å². The fraction of sp³-hybridized carbons (Fsp3) is 0.455. The zero-order valence-electron chi connectivity index (χ0n) is 9.77. The Kier molecular flexibility index (Phi) is 2.46. The predicted molar refractivity (Wildman–Crippen MR) is 60.9 cm³/mol. The fourth-order valence-electron chi connectivity index (χ4n) is 1.33. The van der Waals surface area contributed by atoms with Crippen LogP contribution in [0.3, 0.4) is 0 Å². The molecule has 0 saturated carbocycles. The Morgan fingerprint density at radius 3 is 2.69 bits per heavy atom. The Morgan fingerprint density at radius 2 is 2.19 bits per heavy atom. The maximum Gasteiger partial charge on any atom is 0.216 e. The van der Waals surface area contributed by atoms with Crippen LogP contribution in [0.1, 0.15) is 32.4 Å². The number of nitrogen functional groups attached to an aromatic ring is 1. The van der Waals surface area contributed by atoms with Crippen molar-refractivity contribution in [3.63, 3.8) is 0 Å². The van der Waals surface area contributed by atoms with Gasteiger partial charge in [-0.3, -0.25) is 4.68 Å². The number of hydrogen-bond donors (Lipinski definition) is 1. The van der Waals surface area contributed by atoms with Crippen LogP contribution in [-0.2, 0) is 12.0 Å². The van der Waals surface area contributed by atoms with Crippen LogP contribution in [0.4, 0.5) is 5.82 Å². The minimum Gasteiger partial charge on any atom is -0.443 e. The maximum absolute atomic E-state index is 5.65. The van der Waals surface area contributed by atoms with Crippen molar-refractivity contribution in [3.05, 3.63) is 30.1 Å². The van der Waals surface area contributed by atoms with Gasteiger partial charge in [0.05, 0.1) is 6.20 Å². The Hall–Kier alpha value is -1.78. The van der Waals surface area contributed by atoms with Crippen molar-refractivity contribution in [1.82, 2.24) is 14.8 Å². The van der Waals surface area contributed by atoms with Crippen LogP contribution < -0.4 is 5.73 Å². The number of nitrogens with two attached hydrogens (primary N) is 1. The molecule has 16 heavy (non-hydrogen) atoms. The molecule has 0 aliphatic carbocycles. The third-order valence-corrected chi connectivity index (χ3v) is 2.25. The second kappa shape index (κ2) is 3.66. The van der Waals surface area contributed by atoms with Crippen LogP contribution in [0.15, 0.2) is 22.9 Å². The summed E-state index contributed by atoms with van der Waals surface area (Å²) in [5.41, 5.74) is 5.50. The van der Waals surface area contributed by atoms with Gasteiger partial charge in [0.1, 0.15) is 18.1 Å². The first-order valence-corrected chi connectivity index (χ1v) is 5.19. The Labute approximate surface area is 94.3 Å². The van der Waals surface area contributed by atoms with Gasteiger partial charge in [-0.15, -0.1) is 0 Å². The SMILES string of the molecule is CC(C)(C)c1cnc(Cn2ccc(N)n2)o1. The lowest BCUT2D eigenvalue weighted by molar-refractivity contribution is 0.373. The van der Waals surface area contributed by atoms with E-state index >= 15 is 0 Å². The first-order chi connectivity index (χ1) is 7.45. The van der Waals surface area contributed by atoms with Gasteiger partial charge in [0.15, 0.2) is 0 Å². The van der Waals surface area contributed by atoms with Crippen molar-refractivity contribution in [3.8, 4) is 0 Å². The molecule has 0 saturated heterocycles. The van der Waals surface area contributed by atoms with E-state index in [2.05, 4.69) is 30.9 Å². The van der Waals surface area contributed by atoms with Gasteiger partial charge in [-0.2, -0.15) is 5.10 Å². The van der Waals surface area contributed by atoms with E-state index in [9.17, 15) is 0 Å². The van der Waals surface area contributed by atoms with E-state index in [1.165, 1.54) is 0 Å². The van der Waals surface area contributed by atoms with Crippen molar-refractivity contribution >= 4 is 5.82 Å². The van der Waals surface area contributed by atoms with E-state index in [4.69, 9.17) is 10.2 Å². The Balaban J connectivity index is 2.14. The van der Waals surface area contributed by atoms with Crippen molar-refractivity contribution in [2.75, 3.05) is 5.73 Å². The average Bonchev–Trinajstić information content (AvgIpc) is 2.74. The molecule has 0 aliphatic heterocycles. The lowest BCUT2D eigenvalue weighted by Gasteiger charge is -2.13. The fourth-order valence-corrected chi connectivity index (χ4v) is 1.33. The third kappa shape index (κ3) is 2.24. The molecule has 0 amide bonds. The van der Waals surface area contributed by atoms with Crippen LogP contribution in [0.5, 0.6) is 0 Å². The molecule has 0 bridgehead atoms. The molecule has 0 spiro atoms. The molecule has 2 N–H and O–H groups in total. The summed E-state index contributed by atoms with van der Waals surface area (Å²) in [6, 6.07) is 1.74. The number of hydrogen-bond acceptors (Lipinski definition) is 4. The molecule has 0 fully saturated rings. The Bertz CT molecular complexity index is 478. The van der Waals surface area contributed by atoms with Gasteiger partial charge >= 0.3 is 0 Å². The van der Waals surface area contributed by atoms with Gasteiger partial charge in [0, 0.05) is 11.6 Å². The summed E-state index contributed by atoms with van der Waals surface area (Å²) in [4.78, 5) is 4.22. The van der Waals surface area contributed by atoms with E-state index in [1.807, 2.05) is 0 Å². The standard InChI is InChI=1S/C11H16N4O/c1-11(2,3)8-6-13-10(16-8)7-15-5-4-9(12)14-15/h4-6H,7H2,1-3H3,(H2,12,14). The summed E-state index contributed by atoms with van der Waals surface area (Å²) in [6.45, 7) is 6.77. The molecule has 2 rings (SSSR count).